The molecule has 0 fully saturated rings. The number of halogens is 1. The molecule has 98 valence electrons. The van der Waals surface area contributed by atoms with Gasteiger partial charge in [-0.05, 0) is 29.3 Å². The highest BCUT2D eigenvalue weighted by atomic mass is 79.9. The molecule has 0 saturated carbocycles. The van der Waals surface area contributed by atoms with Crippen LogP contribution in [0.2, 0.25) is 0 Å². The van der Waals surface area contributed by atoms with E-state index in [1.165, 1.54) is 8.99 Å². The van der Waals surface area contributed by atoms with Gasteiger partial charge in [-0.15, -0.1) is 5.10 Å². The molecule has 1 heterocycles. The van der Waals surface area contributed by atoms with Gasteiger partial charge >= 0.3 is 0 Å². The average molecular weight is 325 g/mol. The molecule has 1 unspecified atom stereocenters. The smallest absolute Gasteiger partial charge is 0.235 e. The van der Waals surface area contributed by atoms with Gasteiger partial charge in [0.05, 0.1) is 0 Å². The summed E-state index contributed by atoms with van der Waals surface area (Å²) in [5, 5.41) is 7.50. The number of nitrogens with zero attached hydrogens (tertiary/aromatic N) is 4. The van der Waals surface area contributed by atoms with Crippen LogP contribution in [0.25, 0.3) is 0 Å². The molecule has 17 heavy (non-hydrogen) atoms. The minimum absolute atomic E-state index is 0.0493. The summed E-state index contributed by atoms with van der Waals surface area (Å²) in [5.74, 6) is 0. The Kier molecular flexibility index (Phi) is 4.68. The van der Waals surface area contributed by atoms with Gasteiger partial charge in [-0.1, -0.05) is 19.1 Å². The molecule has 8 heteroatoms. The third-order valence-electron chi connectivity index (χ3n) is 2.68. The Morgan fingerprint density at radius 3 is 2.41 bits per heavy atom. The summed E-state index contributed by atoms with van der Waals surface area (Å²) >= 11 is 3.12. The van der Waals surface area contributed by atoms with Gasteiger partial charge < -0.3 is 0 Å². The minimum atomic E-state index is -3.56. The van der Waals surface area contributed by atoms with Crippen LogP contribution in [-0.2, 0) is 17.1 Å². The molecule has 1 rings (SSSR count). The first kappa shape index (κ1) is 14.6. The molecule has 0 aromatic carbocycles. The Hall–Kier alpha value is -0.470. The third kappa shape index (κ3) is 2.69. The van der Waals surface area contributed by atoms with E-state index >= 15 is 0 Å². The van der Waals surface area contributed by atoms with Crippen LogP contribution < -0.4 is 0 Å². The van der Waals surface area contributed by atoms with Crippen LogP contribution in [0.3, 0.4) is 0 Å². The van der Waals surface area contributed by atoms with Crippen molar-refractivity contribution in [2.45, 2.75) is 38.3 Å². The zero-order valence-electron chi connectivity index (χ0n) is 10.4. The molecule has 0 aliphatic heterocycles. The fraction of sp³-hybridized carbons (Fsp3) is 0.778. The molecule has 0 N–H and O–H groups in total. The van der Waals surface area contributed by atoms with Crippen molar-refractivity contribution in [2.75, 3.05) is 6.54 Å². The van der Waals surface area contributed by atoms with Gasteiger partial charge in [-0.3, -0.25) is 0 Å². The lowest BCUT2D eigenvalue weighted by atomic mass is 10.3. The van der Waals surface area contributed by atoms with Gasteiger partial charge in [0, 0.05) is 19.6 Å². The van der Waals surface area contributed by atoms with Crippen molar-refractivity contribution in [1.29, 1.82) is 0 Å². The molecule has 0 spiro atoms. The molecule has 0 radical (unpaired) electrons. The quantitative estimate of drug-likeness (QED) is 0.820. The molecule has 0 aliphatic rings. The summed E-state index contributed by atoms with van der Waals surface area (Å²) in [6, 6.07) is -0.0493. The highest BCUT2D eigenvalue weighted by molar-refractivity contribution is 9.10. The van der Waals surface area contributed by atoms with Crippen molar-refractivity contribution in [2.24, 2.45) is 7.05 Å². The summed E-state index contributed by atoms with van der Waals surface area (Å²) in [7, 11) is -1.99. The van der Waals surface area contributed by atoms with Gasteiger partial charge in [-0.25, -0.2) is 13.1 Å². The Bertz CT molecular complexity index is 466. The molecular formula is C9H17BrN4O2S. The summed E-state index contributed by atoms with van der Waals surface area (Å²) in [6.45, 7) is 6.09. The normalized spacial score (nSPS) is 14.2. The van der Waals surface area contributed by atoms with E-state index in [1.807, 2.05) is 20.8 Å². The molecule has 0 aliphatic carbocycles. The van der Waals surface area contributed by atoms with E-state index in [9.17, 15) is 8.42 Å². The number of rotatable bonds is 5. The zero-order valence-corrected chi connectivity index (χ0v) is 12.8. The molecule has 0 bridgehead atoms. The van der Waals surface area contributed by atoms with Crippen molar-refractivity contribution in [1.82, 2.24) is 19.3 Å². The van der Waals surface area contributed by atoms with Crippen LogP contribution in [0.15, 0.2) is 9.63 Å². The van der Waals surface area contributed by atoms with Crippen molar-refractivity contribution >= 4 is 26.0 Å². The Morgan fingerprint density at radius 2 is 2.06 bits per heavy atom. The largest absolute Gasteiger partial charge is 0.263 e. The lowest BCUT2D eigenvalue weighted by molar-refractivity contribution is 0.339. The number of hydrogen-bond acceptors (Lipinski definition) is 4. The zero-order chi connectivity index (χ0) is 13.2. The highest BCUT2D eigenvalue weighted by Gasteiger charge is 2.32. The van der Waals surface area contributed by atoms with E-state index < -0.39 is 10.0 Å². The van der Waals surface area contributed by atoms with E-state index in [-0.39, 0.29) is 15.7 Å². The van der Waals surface area contributed by atoms with Crippen molar-refractivity contribution in [3.8, 4) is 0 Å². The summed E-state index contributed by atoms with van der Waals surface area (Å²) in [5.41, 5.74) is 0. The van der Waals surface area contributed by atoms with E-state index in [4.69, 9.17) is 0 Å². The summed E-state index contributed by atoms with van der Waals surface area (Å²) in [6.07, 6.45) is 0.760. The number of hydrogen-bond donors (Lipinski definition) is 0. The Balaban J connectivity index is 3.27. The SMILES string of the molecule is CCC(C)N(CC)S(=O)(=O)c1c(Br)nnn1C. The topological polar surface area (TPSA) is 68.1 Å². The first-order valence-electron chi connectivity index (χ1n) is 5.43. The van der Waals surface area contributed by atoms with Crippen LogP contribution in [0.5, 0.6) is 0 Å². The lowest BCUT2D eigenvalue weighted by Crippen LogP contribution is -2.39. The van der Waals surface area contributed by atoms with Crippen LogP contribution in [0.1, 0.15) is 27.2 Å². The monoisotopic (exact) mass is 324 g/mol. The van der Waals surface area contributed by atoms with Crippen LogP contribution in [0, 0.1) is 0 Å². The second-order valence-electron chi connectivity index (χ2n) is 3.77. The second-order valence-corrected chi connectivity index (χ2v) is 6.33. The fourth-order valence-electron chi connectivity index (χ4n) is 1.63. The lowest BCUT2D eigenvalue weighted by Gasteiger charge is -2.25. The number of aryl methyl sites for hydroxylation is 1. The standard InChI is InChI=1S/C9H17BrN4O2S/c1-5-7(3)14(6-2)17(15,16)9-8(10)11-12-13(9)4/h7H,5-6H2,1-4H3. The molecule has 1 atom stereocenters. The Labute approximate surface area is 110 Å². The Morgan fingerprint density at radius 1 is 1.47 bits per heavy atom. The van der Waals surface area contributed by atoms with E-state index in [0.717, 1.165) is 6.42 Å². The van der Waals surface area contributed by atoms with E-state index in [0.29, 0.717) is 6.54 Å². The highest BCUT2D eigenvalue weighted by Crippen LogP contribution is 2.24. The summed E-state index contributed by atoms with van der Waals surface area (Å²) < 4.78 is 27.9. The van der Waals surface area contributed by atoms with Crippen molar-refractivity contribution < 1.29 is 8.42 Å². The van der Waals surface area contributed by atoms with Gasteiger partial charge in [0.1, 0.15) is 0 Å². The fourth-order valence-corrected chi connectivity index (χ4v) is 4.38. The predicted octanol–water partition coefficient (Wildman–Crippen LogP) is 1.39. The second kappa shape index (κ2) is 5.45. The number of aromatic nitrogens is 3. The predicted molar refractivity (Wildman–Crippen MR) is 68.0 cm³/mol. The van der Waals surface area contributed by atoms with Crippen LogP contribution in [-0.4, -0.2) is 40.3 Å². The molecular weight excluding hydrogens is 308 g/mol. The van der Waals surface area contributed by atoms with Gasteiger partial charge in [0.25, 0.3) is 10.0 Å². The van der Waals surface area contributed by atoms with Gasteiger partial charge in [0.15, 0.2) is 4.60 Å². The first-order valence-corrected chi connectivity index (χ1v) is 7.66. The summed E-state index contributed by atoms with van der Waals surface area (Å²) in [4.78, 5) is 0. The minimum Gasteiger partial charge on any atom is -0.235 e. The van der Waals surface area contributed by atoms with Crippen molar-refractivity contribution in [3.05, 3.63) is 4.60 Å². The average Bonchev–Trinajstić information content (AvgIpc) is 2.59. The van der Waals surface area contributed by atoms with E-state index in [1.54, 1.807) is 7.05 Å². The maximum absolute atomic E-state index is 12.5. The maximum atomic E-state index is 12.5. The van der Waals surface area contributed by atoms with Gasteiger partial charge in [0.2, 0.25) is 5.03 Å². The molecule has 0 saturated heterocycles. The van der Waals surface area contributed by atoms with Crippen molar-refractivity contribution in [3.63, 3.8) is 0 Å². The van der Waals surface area contributed by atoms with Gasteiger partial charge in [-0.2, -0.15) is 4.31 Å². The molecule has 0 amide bonds. The molecule has 6 nitrogen and oxygen atoms in total. The van der Waals surface area contributed by atoms with E-state index in [2.05, 4.69) is 26.2 Å². The molecule has 1 aromatic rings. The van der Waals surface area contributed by atoms with Crippen LogP contribution >= 0.6 is 15.9 Å². The number of sulfonamides is 1. The first-order chi connectivity index (χ1) is 7.86. The maximum Gasteiger partial charge on any atom is 0.263 e. The van der Waals surface area contributed by atoms with Crippen LogP contribution in [0.4, 0.5) is 0 Å². The third-order valence-corrected chi connectivity index (χ3v) is 5.66. The molecule has 1 aromatic heterocycles.